The van der Waals surface area contributed by atoms with E-state index in [9.17, 15) is 4.79 Å². The molecule has 2 aromatic rings. The van der Waals surface area contributed by atoms with E-state index in [0.29, 0.717) is 18.4 Å². The molecule has 0 aliphatic carbocycles. The summed E-state index contributed by atoms with van der Waals surface area (Å²) in [6.45, 7) is 3.39. The van der Waals surface area contributed by atoms with Crippen LogP contribution in [0.4, 0.5) is 0 Å². The van der Waals surface area contributed by atoms with Crippen molar-refractivity contribution in [1.82, 2.24) is 14.5 Å². The number of carboxylic acid groups (broad SMARTS) is 1. The van der Waals surface area contributed by atoms with E-state index in [2.05, 4.69) is 16.9 Å². The van der Waals surface area contributed by atoms with Crippen LogP contribution in [0.15, 0.2) is 23.5 Å². The first kappa shape index (κ1) is 13.4. The fourth-order valence-electron chi connectivity index (χ4n) is 2.43. The van der Waals surface area contributed by atoms with E-state index in [-0.39, 0.29) is 11.3 Å². The molecular weight excluding hydrogens is 278 g/mol. The van der Waals surface area contributed by atoms with Gasteiger partial charge in [0.25, 0.3) is 0 Å². The lowest BCUT2D eigenvalue weighted by atomic mass is 10.0. The summed E-state index contributed by atoms with van der Waals surface area (Å²) >= 11 is 1.22. The molecular formula is C13H15N3O3S. The fraction of sp³-hybridized carbons (Fsp3) is 0.462. The number of carboxylic acids is 1. The lowest BCUT2D eigenvalue weighted by Crippen LogP contribution is -2.31. The topological polar surface area (TPSA) is 77.2 Å². The molecule has 3 rings (SSSR count). The first-order valence-electron chi connectivity index (χ1n) is 6.36. The van der Waals surface area contributed by atoms with Crippen LogP contribution in [0, 0.1) is 0 Å². The van der Waals surface area contributed by atoms with Crippen molar-refractivity contribution >= 4 is 28.9 Å². The average molecular weight is 293 g/mol. The number of nitrogens with zero attached hydrogens (tertiary/aromatic N) is 3. The molecule has 0 bridgehead atoms. The maximum Gasteiger partial charge on any atom is 0.313 e. The van der Waals surface area contributed by atoms with Gasteiger partial charge in [-0.15, -0.1) is 0 Å². The Morgan fingerprint density at radius 3 is 3.20 bits per heavy atom. The monoisotopic (exact) mass is 293 g/mol. The van der Waals surface area contributed by atoms with Crippen LogP contribution in [0.5, 0.6) is 0 Å². The minimum Gasteiger partial charge on any atom is -0.481 e. The molecule has 7 heteroatoms. The second-order valence-electron chi connectivity index (χ2n) is 5.06. The van der Waals surface area contributed by atoms with Crippen molar-refractivity contribution in [2.75, 3.05) is 19.0 Å². The molecule has 2 aromatic heterocycles. The van der Waals surface area contributed by atoms with Crippen LogP contribution in [-0.2, 0) is 15.1 Å². The molecule has 0 spiro atoms. The average Bonchev–Trinajstić information content (AvgIpc) is 3.00. The highest BCUT2D eigenvalue weighted by Gasteiger charge is 2.35. The zero-order chi connectivity index (χ0) is 14.2. The van der Waals surface area contributed by atoms with Crippen LogP contribution in [0.1, 0.15) is 13.3 Å². The van der Waals surface area contributed by atoms with Crippen LogP contribution >= 0.6 is 11.8 Å². The minimum absolute atomic E-state index is 0.0136. The molecule has 0 amide bonds. The molecule has 106 valence electrons. The molecule has 1 fully saturated rings. The van der Waals surface area contributed by atoms with E-state index >= 15 is 0 Å². The van der Waals surface area contributed by atoms with Crippen molar-refractivity contribution in [2.45, 2.75) is 24.0 Å². The van der Waals surface area contributed by atoms with Gasteiger partial charge in [-0.25, -0.2) is 9.97 Å². The van der Waals surface area contributed by atoms with Crippen molar-refractivity contribution in [3.63, 3.8) is 0 Å². The standard InChI is InChI=1S/C13H15N3O3S/c1-13(4-6-19-8-13)16-11-9(3-2-5-14-11)15-12(16)20-7-10(17)18/h2-3,5H,4,6-8H2,1H3,(H,17,18). The number of pyridine rings is 1. The first-order chi connectivity index (χ1) is 9.60. The zero-order valence-corrected chi connectivity index (χ0v) is 11.9. The Bertz CT molecular complexity index is 649. The summed E-state index contributed by atoms with van der Waals surface area (Å²) < 4.78 is 7.54. The largest absolute Gasteiger partial charge is 0.481 e. The summed E-state index contributed by atoms with van der Waals surface area (Å²) in [5.74, 6) is -0.866. The van der Waals surface area contributed by atoms with Gasteiger partial charge in [0.2, 0.25) is 0 Å². The third-order valence-corrected chi connectivity index (χ3v) is 4.37. The number of thioether (sulfide) groups is 1. The number of hydrogen-bond acceptors (Lipinski definition) is 5. The molecule has 6 nitrogen and oxygen atoms in total. The van der Waals surface area contributed by atoms with E-state index in [4.69, 9.17) is 9.84 Å². The van der Waals surface area contributed by atoms with E-state index < -0.39 is 5.97 Å². The second-order valence-corrected chi connectivity index (χ2v) is 6.00. The number of fused-ring (bicyclic) bond motifs is 1. The Morgan fingerprint density at radius 2 is 2.50 bits per heavy atom. The number of hydrogen-bond donors (Lipinski definition) is 1. The van der Waals surface area contributed by atoms with Crippen LogP contribution in [-0.4, -0.2) is 44.6 Å². The third kappa shape index (κ3) is 2.27. The van der Waals surface area contributed by atoms with Crippen LogP contribution in [0.3, 0.4) is 0 Å². The summed E-state index contributed by atoms with van der Waals surface area (Å²) in [6, 6.07) is 3.72. The van der Waals surface area contributed by atoms with Crippen molar-refractivity contribution in [2.24, 2.45) is 0 Å². The van der Waals surface area contributed by atoms with Crippen LogP contribution in [0.25, 0.3) is 11.2 Å². The second kappa shape index (κ2) is 5.06. The number of imidazole rings is 1. The van der Waals surface area contributed by atoms with Gasteiger partial charge < -0.3 is 9.84 Å². The van der Waals surface area contributed by atoms with Crippen molar-refractivity contribution in [3.8, 4) is 0 Å². The first-order valence-corrected chi connectivity index (χ1v) is 7.35. The van der Waals surface area contributed by atoms with E-state index in [1.807, 2.05) is 16.7 Å². The van der Waals surface area contributed by atoms with Gasteiger partial charge in [-0.2, -0.15) is 0 Å². The molecule has 0 aromatic carbocycles. The summed E-state index contributed by atoms with van der Waals surface area (Å²) in [6.07, 6.45) is 2.60. The number of aromatic nitrogens is 3. The van der Waals surface area contributed by atoms with E-state index in [0.717, 1.165) is 17.6 Å². The molecule has 0 radical (unpaired) electrons. The Hall–Kier alpha value is -1.60. The third-order valence-electron chi connectivity index (χ3n) is 3.45. The maximum absolute atomic E-state index is 10.8. The normalized spacial score (nSPS) is 22.4. The van der Waals surface area contributed by atoms with Crippen LogP contribution in [0.2, 0.25) is 0 Å². The van der Waals surface area contributed by atoms with Gasteiger partial charge in [0.05, 0.1) is 17.9 Å². The predicted octanol–water partition coefficient (Wildman–Crippen LogP) is 1.74. The van der Waals surface area contributed by atoms with Crippen molar-refractivity contribution < 1.29 is 14.6 Å². The van der Waals surface area contributed by atoms with Gasteiger partial charge >= 0.3 is 5.97 Å². The van der Waals surface area contributed by atoms with Crippen LogP contribution < -0.4 is 0 Å². The predicted molar refractivity (Wildman–Crippen MR) is 75.0 cm³/mol. The highest BCUT2D eigenvalue weighted by atomic mass is 32.2. The van der Waals surface area contributed by atoms with Gasteiger partial charge in [0.1, 0.15) is 5.52 Å². The summed E-state index contributed by atoms with van der Waals surface area (Å²) in [5, 5.41) is 9.56. The number of aliphatic carboxylic acids is 1. The number of rotatable bonds is 4. The molecule has 1 atom stereocenters. The van der Waals surface area contributed by atoms with Crippen molar-refractivity contribution in [1.29, 1.82) is 0 Å². The fourth-order valence-corrected chi connectivity index (χ4v) is 3.29. The summed E-state index contributed by atoms with van der Waals surface area (Å²) in [7, 11) is 0. The van der Waals surface area contributed by atoms with Gasteiger partial charge in [0, 0.05) is 12.8 Å². The minimum atomic E-state index is -0.852. The van der Waals surface area contributed by atoms with Gasteiger partial charge in [0.15, 0.2) is 10.8 Å². The Labute approximate surface area is 120 Å². The molecule has 3 heterocycles. The molecule has 0 saturated carbocycles. The quantitative estimate of drug-likeness (QED) is 0.865. The SMILES string of the molecule is CC1(n2c(SCC(=O)O)nc3cccnc32)CCOC1. The molecule has 20 heavy (non-hydrogen) atoms. The molecule has 1 saturated heterocycles. The summed E-state index contributed by atoms with van der Waals surface area (Å²) in [4.78, 5) is 19.7. The highest BCUT2D eigenvalue weighted by Crippen LogP contribution is 2.34. The molecule has 1 aliphatic rings. The lowest BCUT2D eigenvalue weighted by molar-refractivity contribution is -0.133. The molecule has 1 unspecified atom stereocenters. The van der Waals surface area contributed by atoms with E-state index in [1.54, 1.807) is 6.20 Å². The van der Waals surface area contributed by atoms with Crippen molar-refractivity contribution in [3.05, 3.63) is 18.3 Å². The van der Waals surface area contributed by atoms with E-state index in [1.165, 1.54) is 11.8 Å². The highest BCUT2D eigenvalue weighted by molar-refractivity contribution is 7.99. The summed E-state index contributed by atoms with van der Waals surface area (Å²) in [5.41, 5.74) is 1.35. The Balaban J connectivity index is 2.10. The zero-order valence-electron chi connectivity index (χ0n) is 11.1. The lowest BCUT2D eigenvalue weighted by Gasteiger charge is -2.26. The maximum atomic E-state index is 10.8. The smallest absolute Gasteiger partial charge is 0.313 e. The molecule has 1 N–H and O–H groups in total. The number of ether oxygens (including phenoxy) is 1. The van der Waals surface area contributed by atoms with Gasteiger partial charge in [-0.05, 0) is 25.5 Å². The van der Waals surface area contributed by atoms with Gasteiger partial charge in [-0.3, -0.25) is 9.36 Å². The Morgan fingerprint density at radius 1 is 1.65 bits per heavy atom. The number of carbonyl (C=O) groups is 1. The Kier molecular flexibility index (Phi) is 3.39. The molecule has 1 aliphatic heterocycles. The van der Waals surface area contributed by atoms with Gasteiger partial charge in [-0.1, -0.05) is 11.8 Å².